The Labute approximate surface area is 153 Å². The van der Waals surface area contributed by atoms with Crippen LogP contribution in [0.1, 0.15) is 12.0 Å². The zero-order chi connectivity index (χ0) is 18.5. The van der Waals surface area contributed by atoms with Crippen LogP contribution in [-0.4, -0.2) is 23.0 Å². The molecule has 0 saturated carbocycles. The molecule has 0 aromatic heterocycles. The molecule has 2 aromatic rings. The van der Waals surface area contributed by atoms with Crippen LogP contribution in [0.4, 0.5) is 10.1 Å². The number of fused-ring (bicyclic) bond motifs is 1. The third-order valence-corrected chi connectivity index (χ3v) is 4.97. The molecule has 26 heavy (non-hydrogen) atoms. The van der Waals surface area contributed by atoms with Gasteiger partial charge in [-0.15, -0.1) is 11.8 Å². The van der Waals surface area contributed by atoms with E-state index in [0.717, 1.165) is 10.6 Å². The number of hydrogen-bond donors (Lipinski definition) is 3. The Kier molecular flexibility index (Phi) is 5.52. The van der Waals surface area contributed by atoms with E-state index in [9.17, 15) is 18.8 Å². The molecular weight excluding hydrogens is 357 g/mol. The third kappa shape index (κ3) is 4.60. The number of amides is 3. The Balaban J connectivity index is 1.47. The van der Waals surface area contributed by atoms with Gasteiger partial charge in [0.1, 0.15) is 5.82 Å². The highest BCUT2D eigenvalue weighted by atomic mass is 32.2. The van der Waals surface area contributed by atoms with Crippen LogP contribution in [0.15, 0.2) is 53.4 Å². The maximum atomic E-state index is 12.8. The molecule has 0 radical (unpaired) electrons. The number of thioether (sulfide) groups is 1. The van der Waals surface area contributed by atoms with Gasteiger partial charge in [0.05, 0.1) is 17.4 Å². The van der Waals surface area contributed by atoms with Crippen LogP contribution in [-0.2, 0) is 20.8 Å². The molecule has 2 aromatic carbocycles. The van der Waals surface area contributed by atoms with Crippen molar-refractivity contribution in [3.8, 4) is 0 Å². The quantitative estimate of drug-likeness (QED) is 0.716. The summed E-state index contributed by atoms with van der Waals surface area (Å²) in [5.41, 5.74) is 5.95. The minimum Gasteiger partial charge on any atom is -0.324 e. The minimum absolute atomic E-state index is 0.00655. The SMILES string of the molecule is O=C(Cc1ccc(F)cc1)NNC(=O)C[C@H]1Sc2ccccc2NC1=O. The summed E-state index contributed by atoms with van der Waals surface area (Å²) in [6.07, 6.45) is -0.0612. The molecule has 0 unspecified atom stereocenters. The van der Waals surface area contributed by atoms with E-state index in [2.05, 4.69) is 16.2 Å². The largest absolute Gasteiger partial charge is 0.324 e. The molecule has 0 bridgehead atoms. The van der Waals surface area contributed by atoms with Gasteiger partial charge in [-0.05, 0) is 29.8 Å². The fraction of sp³-hybridized carbons (Fsp3) is 0.167. The standard InChI is InChI=1S/C18H16FN3O3S/c19-12-7-5-11(6-8-12)9-16(23)21-22-17(24)10-15-18(25)20-13-3-1-2-4-14(13)26-15/h1-8,15H,9-10H2,(H,20,25)(H,21,23)(H,22,24)/t15-/m1/s1. The van der Waals surface area contributed by atoms with Crippen molar-refractivity contribution in [2.45, 2.75) is 23.0 Å². The van der Waals surface area contributed by atoms with E-state index in [4.69, 9.17) is 0 Å². The van der Waals surface area contributed by atoms with E-state index in [-0.39, 0.29) is 24.6 Å². The van der Waals surface area contributed by atoms with E-state index in [0.29, 0.717) is 5.56 Å². The van der Waals surface area contributed by atoms with Crippen LogP contribution < -0.4 is 16.2 Å². The Bertz CT molecular complexity index is 842. The van der Waals surface area contributed by atoms with E-state index in [1.165, 1.54) is 36.0 Å². The molecule has 3 amide bonds. The second-order valence-electron chi connectivity index (χ2n) is 5.70. The first-order valence-corrected chi connectivity index (χ1v) is 8.78. The predicted octanol–water partition coefficient (Wildman–Crippen LogP) is 2.02. The lowest BCUT2D eigenvalue weighted by Gasteiger charge is -2.23. The number of hydrazine groups is 1. The summed E-state index contributed by atoms with van der Waals surface area (Å²) in [5, 5.41) is 2.19. The molecule has 0 fully saturated rings. The first-order valence-electron chi connectivity index (χ1n) is 7.90. The Morgan fingerprint density at radius 1 is 1.04 bits per heavy atom. The maximum Gasteiger partial charge on any atom is 0.242 e. The molecule has 1 heterocycles. The van der Waals surface area contributed by atoms with Gasteiger partial charge in [-0.3, -0.25) is 25.2 Å². The van der Waals surface area contributed by atoms with Gasteiger partial charge in [-0.1, -0.05) is 24.3 Å². The van der Waals surface area contributed by atoms with E-state index in [1.54, 1.807) is 6.07 Å². The summed E-state index contributed by atoms with van der Waals surface area (Å²) >= 11 is 1.31. The number of carbonyl (C=O) groups is 3. The number of anilines is 1. The summed E-state index contributed by atoms with van der Waals surface area (Å²) in [6.45, 7) is 0. The average molecular weight is 373 g/mol. The molecule has 134 valence electrons. The van der Waals surface area contributed by atoms with Gasteiger partial charge in [0, 0.05) is 11.3 Å². The lowest BCUT2D eigenvalue weighted by Crippen LogP contribution is -2.44. The van der Waals surface area contributed by atoms with Crippen molar-refractivity contribution < 1.29 is 18.8 Å². The van der Waals surface area contributed by atoms with Crippen LogP contribution in [0.25, 0.3) is 0 Å². The second kappa shape index (κ2) is 8.01. The number of carbonyl (C=O) groups excluding carboxylic acids is 3. The van der Waals surface area contributed by atoms with Gasteiger partial charge in [0.2, 0.25) is 17.7 Å². The van der Waals surface area contributed by atoms with Crippen LogP contribution in [0.2, 0.25) is 0 Å². The number of nitrogens with one attached hydrogen (secondary N) is 3. The molecule has 0 aliphatic carbocycles. The Morgan fingerprint density at radius 2 is 1.73 bits per heavy atom. The van der Waals surface area contributed by atoms with Gasteiger partial charge in [0.25, 0.3) is 0 Å². The van der Waals surface area contributed by atoms with Gasteiger partial charge in [-0.25, -0.2) is 4.39 Å². The first kappa shape index (κ1) is 17.9. The summed E-state index contributed by atoms with van der Waals surface area (Å²) in [6, 6.07) is 12.9. The van der Waals surface area contributed by atoms with Gasteiger partial charge >= 0.3 is 0 Å². The smallest absolute Gasteiger partial charge is 0.242 e. The van der Waals surface area contributed by atoms with E-state index in [1.807, 2.05) is 18.2 Å². The fourth-order valence-electron chi connectivity index (χ4n) is 2.42. The Hall–Kier alpha value is -2.87. The van der Waals surface area contributed by atoms with Crippen LogP contribution in [0, 0.1) is 5.82 Å². The van der Waals surface area contributed by atoms with Crippen LogP contribution >= 0.6 is 11.8 Å². The van der Waals surface area contributed by atoms with Crippen LogP contribution in [0.3, 0.4) is 0 Å². The van der Waals surface area contributed by atoms with Gasteiger partial charge in [-0.2, -0.15) is 0 Å². The van der Waals surface area contributed by atoms with E-state index < -0.39 is 17.1 Å². The molecule has 3 rings (SSSR count). The molecule has 0 spiro atoms. The van der Waals surface area contributed by atoms with Gasteiger partial charge in [0.15, 0.2) is 0 Å². The summed E-state index contributed by atoms with van der Waals surface area (Å²) in [4.78, 5) is 36.8. The highest BCUT2D eigenvalue weighted by Gasteiger charge is 2.28. The normalized spacial score (nSPS) is 15.6. The number of halogens is 1. The summed E-state index contributed by atoms with van der Waals surface area (Å²) in [5.74, 6) is -1.53. The van der Waals surface area contributed by atoms with Crippen molar-refractivity contribution in [3.05, 3.63) is 59.9 Å². The maximum absolute atomic E-state index is 12.8. The van der Waals surface area contributed by atoms with Crippen LogP contribution in [0.5, 0.6) is 0 Å². The molecule has 1 atom stereocenters. The highest BCUT2D eigenvalue weighted by molar-refractivity contribution is 8.01. The van der Waals surface area contributed by atoms with Gasteiger partial charge < -0.3 is 5.32 Å². The van der Waals surface area contributed by atoms with Crippen molar-refractivity contribution in [2.24, 2.45) is 0 Å². The minimum atomic E-state index is -0.570. The molecule has 1 aliphatic rings. The molecule has 3 N–H and O–H groups in total. The monoisotopic (exact) mass is 373 g/mol. The Morgan fingerprint density at radius 3 is 2.50 bits per heavy atom. The van der Waals surface area contributed by atoms with Crippen molar-refractivity contribution in [1.29, 1.82) is 0 Å². The lowest BCUT2D eigenvalue weighted by molar-refractivity contribution is -0.129. The second-order valence-corrected chi connectivity index (χ2v) is 6.94. The third-order valence-electron chi connectivity index (χ3n) is 3.70. The number of benzene rings is 2. The van der Waals surface area contributed by atoms with Crippen molar-refractivity contribution in [1.82, 2.24) is 10.9 Å². The predicted molar refractivity (Wildman–Crippen MR) is 95.7 cm³/mol. The summed E-state index contributed by atoms with van der Waals surface area (Å²) < 4.78 is 12.8. The highest BCUT2D eigenvalue weighted by Crippen LogP contribution is 2.36. The zero-order valence-electron chi connectivity index (χ0n) is 13.6. The molecular formula is C18H16FN3O3S. The van der Waals surface area contributed by atoms with Crippen molar-refractivity contribution in [3.63, 3.8) is 0 Å². The summed E-state index contributed by atoms with van der Waals surface area (Å²) in [7, 11) is 0. The van der Waals surface area contributed by atoms with Crippen molar-refractivity contribution in [2.75, 3.05) is 5.32 Å². The molecule has 8 heteroatoms. The fourth-order valence-corrected chi connectivity index (χ4v) is 3.53. The number of rotatable bonds is 4. The number of para-hydroxylation sites is 1. The molecule has 6 nitrogen and oxygen atoms in total. The first-order chi connectivity index (χ1) is 12.5. The van der Waals surface area contributed by atoms with Crippen molar-refractivity contribution >= 4 is 35.2 Å². The zero-order valence-corrected chi connectivity index (χ0v) is 14.4. The van der Waals surface area contributed by atoms with E-state index >= 15 is 0 Å². The average Bonchev–Trinajstić information content (AvgIpc) is 2.62. The number of hydrogen-bond acceptors (Lipinski definition) is 4. The topological polar surface area (TPSA) is 87.3 Å². The lowest BCUT2D eigenvalue weighted by atomic mass is 10.1. The molecule has 1 aliphatic heterocycles. The molecule has 0 saturated heterocycles.